The summed E-state index contributed by atoms with van der Waals surface area (Å²) in [5, 5.41) is 41.3. The molecule has 3 unspecified atom stereocenters. The van der Waals surface area contributed by atoms with Crippen molar-refractivity contribution in [1.82, 2.24) is 24.9 Å². The zero-order valence-electron chi connectivity index (χ0n) is 52.7. The number of piperazine rings is 1. The molecule has 5 N–H and O–H groups in total. The Labute approximate surface area is 534 Å². The van der Waals surface area contributed by atoms with E-state index in [9.17, 15) is 58.8 Å². The first kappa shape index (κ1) is 73.0. The number of ether oxygens (including phenoxy) is 8. The second-order valence-corrected chi connectivity index (χ2v) is 23.2. The number of benzene rings is 4. The fourth-order valence-electron chi connectivity index (χ4n) is 9.65. The Bertz CT molecular complexity index is 3010. The van der Waals surface area contributed by atoms with Crippen LogP contribution in [0.25, 0.3) is 0 Å². The summed E-state index contributed by atoms with van der Waals surface area (Å²) < 4.78 is 43.8. The molecule has 0 saturated carbocycles. The number of likely N-dealkylation sites (N-methyl/N-ethyl adjacent to an activating group) is 2. The molecule has 0 radical (unpaired) electrons. The monoisotopic (exact) mass is 1290 g/mol. The SMILES string of the molecule is CC(C)OC(=O)N1CCN(C)CC1COc1cccc(O)c1C=O.CC(C)OC(=O)N1CCOCC1COc1cccc(O)c1C=O.CC(C)OC(=O)N1CCSCC1COc1cccc(O)c1C=O.CNC(=O)C1=C(COc2cccc(O)c2C=O)CCCC1. The Hall–Kier alpha value is -8.75. The van der Waals surface area contributed by atoms with Crippen LogP contribution in [0.2, 0.25) is 0 Å². The third-order valence-electron chi connectivity index (χ3n) is 14.3. The van der Waals surface area contributed by atoms with Crippen molar-refractivity contribution in [3.8, 4) is 46.0 Å². The Morgan fingerprint density at radius 1 is 0.560 bits per heavy atom. The normalized spacial score (nSPS) is 17.3. The van der Waals surface area contributed by atoms with Crippen molar-refractivity contribution < 1.29 is 96.7 Å². The van der Waals surface area contributed by atoms with Crippen molar-refractivity contribution >= 4 is 61.1 Å². The molecule has 0 bridgehead atoms. The topological polar surface area (TPSA) is 316 Å². The molecule has 25 nitrogen and oxygen atoms in total. The van der Waals surface area contributed by atoms with Gasteiger partial charge in [0.1, 0.15) is 72.4 Å². The van der Waals surface area contributed by atoms with Gasteiger partial charge in [-0.1, -0.05) is 24.3 Å². The van der Waals surface area contributed by atoms with Crippen LogP contribution >= 0.6 is 11.8 Å². The predicted octanol–water partition coefficient (Wildman–Crippen LogP) is 8.32. The van der Waals surface area contributed by atoms with E-state index in [1.165, 1.54) is 24.3 Å². The number of aldehydes is 4. The van der Waals surface area contributed by atoms with Gasteiger partial charge >= 0.3 is 18.3 Å². The number of carbonyl (C=O) groups excluding carboxylic acids is 8. The van der Waals surface area contributed by atoms with Crippen molar-refractivity contribution in [1.29, 1.82) is 0 Å². The van der Waals surface area contributed by atoms with E-state index in [1.807, 2.05) is 34.7 Å². The number of hydrogen-bond donors (Lipinski definition) is 5. The molecule has 3 saturated heterocycles. The number of aromatic hydroxyl groups is 4. The molecule has 4 aromatic carbocycles. The fraction of sp³-hybridized carbons (Fsp3) is 0.477. The largest absolute Gasteiger partial charge is 0.507 e. The summed E-state index contributed by atoms with van der Waals surface area (Å²) >= 11 is 1.74. The van der Waals surface area contributed by atoms with Crippen LogP contribution in [-0.2, 0) is 23.7 Å². The standard InChI is InChI=1S/C17H24N2O5.C16H21NO6.C16H21NO5S.C16H19NO4/c1-12(2)24-17(22)19-8-7-18(3)9-13(19)11-23-16-6-4-5-15(21)14(16)10-20;1-11(2)23-16(20)17-6-7-21-9-12(17)10-22-15-5-3-4-14(19)13(15)8-18;1-11(2)22-16(20)17-6-7-23-10-12(17)9-21-15-5-3-4-14(19)13(15)8-18;1-17-16(20)12-6-3-2-5-11(12)10-21-15-8-4-7-14(19)13(15)9-18/h4-6,10,12-13,21H,7-9,11H2,1-3H3;2*3-5,8,11-12,19H,6-7,9-10H2,1-2H3;4,7-9,19H,2-3,5-6,10H2,1H3,(H,17,20). The third kappa shape index (κ3) is 22.3. The highest BCUT2D eigenvalue weighted by Gasteiger charge is 2.33. The number of carbonyl (C=O) groups is 8. The Balaban J connectivity index is 0.000000221. The number of phenols is 4. The average Bonchev–Trinajstić information content (AvgIpc) is 1.84. The van der Waals surface area contributed by atoms with Gasteiger partial charge in [0.2, 0.25) is 5.91 Å². The van der Waals surface area contributed by atoms with Gasteiger partial charge in [-0.3, -0.25) is 33.8 Å². The lowest BCUT2D eigenvalue weighted by molar-refractivity contribution is -0.117. The lowest BCUT2D eigenvalue weighted by atomic mass is 9.91. The maximum atomic E-state index is 12.2. The van der Waals surface area contributed by atoms with Gasteiger partial charge in [0.25, 0.3) is 0 Å². The minimum Gasteiger partial charge on any atom is -0.507 e. The molecular weight excluding hydrogens is 1200 g/mol. The number of morpholine rings is 1. The average molecular weight is 1290 g/mol. The van der Waals surface area contributed by atoms with Crippen LogP contribution in [0.5, 0.6) is 46.0 Å². The predicted molar refractivity (Wildman–Crippen MR) is 337 cm³/mol. The van der Waals surface area contributed by atoms with Crippen LogP contribution in [-0.4, -0.2) is 224 Å². The molecule has 3 heterocycles. The van der Waals surface area contributed by atoms with Gasteiger partial charge in [-0.15, -0.1) is 0 Å². The molecule has 4 amide bonds. The first-order valence-corrected chi connectivity index (χ1v) is 31.1. The van der Waals surface area contributed by atoms with Gasteiger partial charge < -0.3 is 73.4 Å². The molecular formula is C65H85N5O20S. The molecule has 1 aliphatic carbocycles. The minimum absolute atomic E-state index is 0.0696. The van der Waals surface area contributed by atoms with E-state index in [0.29, 0.717) is 81.8 Å². The summed E-state index contributed by atoms with van der Waals surface area (Å²) in [6.07, 6.45) is 4.12. The van der Waals surface area contributed by atoms with Crippen LogP contribution in [0.15, 0.2) is 83.9 Å². The molecule has 26 heteroatoms. The molecule has 3 aliphatic heterocycles. The summed E-state index contributed by atoms with van der Waals surface area (Å²) in [4.78, 5) is 99.6. The van der Waals surface area contributed by atoms with Gasteiger partial charge in [-0.2, -0.15) is 11.8 Å². The minimum atomic E-state index is -0.414. The number of amides is 4. The van der Waals surface area contributed by atoms with Crippen LogP contribution in [0.4, 0.5) is 14.4 Å². The van der Waals surface area contributed by atoms with E-state index >= 15 is 0 Å². The Kier molecular flexibility index (Phi) is 30.0. The van der Waals surface area contributed by atoms with Gasteiger partial charge in [-0.05, 0) is 128 Å². The lowest BCUT2D eigenvalue weighted by Gasteiger charge is -2.39. The first-order chi connectivity index (χ1) is 43.6. The van der Waals surface area contributed by atoms with Crippen molar-refractivity contribution in [3.05, 3.63) is 106 Å². The van der Waals surface area contributed by atoms with Crippen LogP contribution in [0.3, 0.4) is 0 Å². The maximum absolute atomic E-state index is 12.2. The van der Waals surface area contributed by atoms with Crippen molar-refractivity contribution in [3.63, 3.8) is 0 Å². The zero-order valence-corrected chi connectivity index (χ0v) is 53.6. The molecule has 0 aromatic heterocycles. The Morgan fingerprint density at radius 2 is 0.967 bits per heavy atom. The smallest absolute Gasteiger partial charge is 0.410 e. The highest BCUT2D eigenvalue weighted by molar-refractivity contribution is 7.99. The quantitative estimate of drug-likeness (QED) is 0.0410. The Morgan fingerprint density at radius 3 is 1.41 bits per heavy atom. The van der Waals surface area contributed by atoms with Crippen LogP contribution in [0, 0.1) is 0 Å². The van der Waals surface area contributed by atoms with E-state index in [2.05, 4.69) is 10.2 Å². The van der Waals surface area contributed by atoms with E-state index in [-0.39, 0.29) is 132 Å². The number of hydrogen-bond acceptors (Lipinski definition) is 22. The number of phenolic OH excluding ortho intramolecular Hbond substituents is 4. The molecule has 3 atom stereocenters. The summed E-state index contributed by atoms with van der Waals surface area (Å²) in [6, 6.07) is 17.9. The van der Waals surface area contributed by atoms with Crippen molar-refractivity contribution in [2.75, 3.05) is 98.0 Å². The van der Waals surface area contributed by atoms with E-state index in [1.54, 1.807) is 95.9 Å². The summed E-state index contributed by atoms with van der Waals surface area (Å²) in [5.41, 5.74) is 2.18. The molecule has 3 fully saturated rings. The summed E-state index contributed by atoms with van der Waals surface area (Å²) in [6.45, 7) is 15.4. The van der Waals surface area contributed by atoms with Gasteiger partial charge in [-0.25, -0.2) is 14.4 Å². The molecule has 4 aromatic rings. The maximum Gasteiger partial charge on any atom is 0.410 e. The first-order valence-electron chi connectivity index (χ1n) is 29.9. The second kappa shape index (κ2) is 37.4. The third-order valence-corrected chi connectivity index (χ3v) is 15.4. The van der Waals surface area contributed by atoms with E-state index < -0.39 is 6.09 Å². The van der Waals surface area contributed by atoms with Gasteiger partial charge in [0.05, 0.1) is 71.9 Å². The summed E-state index contributed by atoms with van der Waals surface area (Å²) in [7, 11) is 3.59. The number of thioether (sulfide) groups is 1. The second-order valence-electron chi connectivity index (χ2n) is 22.1. The molecule has 91 heavy (non-hydrogen) atoms. The number of nitrogens with zero attached hydrogens (tertiary/aromatic N) is 4. The number of rotatable bonds is 20. The van der Waals surface area contributed by atoms with Crippen LogP contribution in [0.1, 0.15) is 109 Å². The highest BCUT2D eigenvalue weighted by Crippen LogP contribution is 2.32. The molecule has 4 aliphatic rings. The van der Waals surface area contributed by atoms with E-state index in [4.69, 9.17) is 37.9 Å². The van der Waals surface area contributed by atoms with Gasteiger partial charge in [0.15, 0.2) is 25.1 Å². The van der Waals surface area contributed by atoms with Crippen molar-refractivity contribution in [2.24, 2.45) is 0 Å². The lowest BCUT2D eigenvalue weighted by Crippen LogP contribution is -2.56. The fourth-order valence-corrected chi connectivity index (χ4v) is 10.7. The highest BCUT2D eigenvalue weighted by atomic mass is 32.2. The van der Waals surface area contributed by atoms with Crippen LogP contribution < -0.4 is 24.3 Å². The summed E-state index contributed by atoms with van der Waals surface area (Å²) in [5.74, 6) is 2.24. The molecule has 8 rings (SSSR count). The zero-order chi connectivity index (χ0) is 66.6. The number of nitrogens with one attached hydrogen (secondary N) is 1. The molecule has 0 spiro atoms. The van der Waals surface area contributed by atoms with Gasteiger partial charge in [0, 0.05) is 56.9 Å². The molecule has 496 valence electrons. The van der Waals surface area contributed by atoms with Crippen molar-refractivity contribution in [2.45, 2.75) is 104 Å². The van der Waals surface area contributed by atoms with E-state index in [0.717, 1.165) is 54.9 Å².